The minimum atomic E-state index is -3.66. The van der Waals surface area contributed by atoms with Crippen molar-refractivity contribution < 1.29 is 8.42 Å². The Labute approximate surface area is 148 Å². The van der Waals surface area contributed by atoms with Crippen LogP contribution in [0.1, 0.15) is 25.3 Å². The number of nitrogens with zero attached hydrogens (tertiary/aromatic N) is 3. The number of benzene rings is 1. The molecule has 4 N–H and O–H groups in total. The lowest BCUT2D eigenvalue weighted by Crippen LogP contribution is -2.34. The van der Waals surface area contributed by atoms with Gasteiger partial charge >= 0.3 is 5.69 Å². The van der Waals surface area contributed by atoms with Crippen LogP contribution in [0.15, 0.2) is 33.0 Å². The SMILES string of the molecule is Cn1c(=O)n(C2NN=C(N)S2)c2cc(S(=O)(=O)NC3(C)CC3)ccc21. The Morgan fingerprint density at radius 2 is 2.12 bits per heavy atom. The summed E-state index contributed by atoms with van der Waals surface area (Å²) in [5.41, 5.74) is 8.43. The van der Waals surface area contributed by atoms with E-state index < -0.39 is 15.5 Å². The van der Waals surface area contributed by atoms with E-state index in [-0.39, 0.29) is 16.1 Å². The van der Waals surface area contributed by atoms with Gasteiger partial charge in [-0.3, -0.25) is 14.6 Å². The largest absolute Gasteiger partial charge is 0.377 e. The van der Waals surface area contributed by atoms with Gasteiger partial charge in [-0.2, -0.15) is 5.10 Å². The molecule has 0 radical (unpaired) electrons. The maximum atomic E-state index is 12.6. The lowest BCUT2D eigenvalue weighted by atomic mass is 10.3. The van der Waals surface area contributed by atoms with E-state index in [2.05, 4.69) is 15.2 Å². The standard InChI is InChI=1S/C14H18N6O3S2/c1-14(5-6-14)18-25(22,23)8-3-4-9-10(7-8)20(13(21)19(9)2)12-17-16-11(15)24-12/h3-4,7,12,17-18H,5-6H2,1-2H3,(H2,15,16). The predicted molar refractivity (Wildman–Crippen MR) is 96.5 cm³/mol. The van der Waals surface area contributed by atoms with Crippen LogP contribution in [0.2, 0.25) is 0 Å². The third-order valence-electron chi connectivity index (χ3n) is 4.50. The first-order valence-electron chi connectivity index (χ1n) is 7.71. The molecule has 1 aromatic carbocycles. The number of hydrazone groups is 1. The zero-order chi connectivity index (χ0) is 18.0. The maximum absolute atomic E-state index is 12.6. The number of imidazole rings is 1. The molecule has 1 aliphatic heterocycles. The van der Waals surface area contributed by atoms with Gasteiger partial charge in [-0.05, 0) is 49.7 Å². The van der Waals surface area contributed by atoms with Crippen molar-refractivity contribution in [2.75, 3.05) is 0 Å². The highest BCUT2D eigenvalue weighted by molar-refractivity contribution is 8.14. The van der Waals surface area contributed by atoms with Crippen molar-refractivity contribution in [1.82, 2.24) is 19.3 Å². The van der Waals surface area contributed by atoms with Crippen LogP contribution in [0.3, 0.4) is 0 Å². The quantitative estimate of drug-likeness (QED) is 0.694. The molecule has 1 aliphatic carbocycles. The van der Waals surface area contributed by atoms with Crippen LogP contribution in [-0.2, 0) is 17.1 Å². The van der Waals surface area contributed by atoms with E-state index in [1.165, 1.54) is 33.0 Å². The molecule has 25 heavy (non-hydrogen) atoms. The minimum absolute atomic E-state index is 0.129. The fourth-order valence-corrected chi connectivity index (χ4v) is 5.04. The number of rotatable bonds is 4. The van der Waals surface area contributed by atoms with Crippen LogP contribution in [0, 0.1) is 0 Å². The topological polar surface area (TPSA) is 124 Å². The minimum Gasteiger partial charge on any atom is -0.377 e. The van der Waals surface area contributed by atoms with Gasteiger partial charge in [-0.1, -0.05) is 0 Å². The average Bonchev–Trinajstić information content (AvgIpc) is 3.00. The second-order valence-corrected chi connectivity index (χ2v) is 9.36. The lowest BCUT2D eigenvalue weighted by Gasteiger charge is -2.13. The molecule has 1 atom stereocenters. The number of amidine groups is 1. The normalized spacial score (nSPS) is 22.0. The Morgan fingerprint density at radius 3 is 2.72 bits per heavy atom. The Hall–Kier alpha value is -1.98. The van der Waals surface area contributed by atoms with Gasteiger partial charge in [0.25, 0.3) is 0 Å². The van der Waals surface area contributed by atoms with Crippen molar-refractivity contribution in [3.63, 3.8) is 0 Å². The van der Waals surface area contributed by atoms with Gasteiger partial charge in [-0.15, -0.1) is 0 Å². The summed E-state index contributed by atoms with van der Waals surface area (Å²) in [4.78, 5) is 12.7. The van der Waals surface area contributed by atoms with Gasteiger partial charge in [0.2, 0.25) is 10.0 Å². The number of nitrogens with two attached hydrogens (primary N) is 1. The number of thioether (sulfide) groups is 1. The molecule has 4 rings (SSSR count). The van der Waals surface area contributed by atoms with Gasteiger partial charge in [0.15, 0.2) is 10.7 Å². The van der Waals surface area contributed by atoms with Crippen molar-refractivity contribution in [2.45, 2.75) is 35.7 Å². The molecule has 134 valence electrons. The van der Waals surface area contributed by atoms with E-state index in [9.17, 15) is 13.2 Å². The van der Waals surface area contributed by atoms with Gasteiger partial charge in [0.05, 0.1) is 15.9 Å². The van der Waals surface area contributed by atoms with Crippen LogP contribution >= 0.6 is 11.8 Å². The van der Waals surface area contributed by atoms with Crippen molar-refractivity contribution >= 4 is 38.0 Å². The lowest BCUT2D eigenvalue weighted by molar-refractivity contribution is 0.557. The first-order valence-corrected chi connectivity index (χ1v) is 10.1. The van der Waals surface area contributed by atoms with E-state index in [4.69, 9.17) is 5.73 Å². The summed E-state index contributed by atoms with van der Waals surface area (Å²) in [7, 11) is -2.02. The van der Waals surface area contributed by atoms with Crippen LogP contribution in [0.4, 0.5) is 0 Å². The fourth-order valence-electron chi connectivity index (χ4n) is 2.81. The summed E-state index contributed by atoms with van der Waals surface area (Å²) >= 11 is 1.20. The molecule has 2 aliphatic rings. The molecular formula is C14H18N6O3S2. The summed E-state index contributed by atoms with van der Waals surface area (Å²) in [5, 5.41) is 4.21. The summed E-state index contributed by atoms with van der Waals surface area (Å²) in [6.07, 6.45) is 1.65. The van der Waals surface area contributed by atoms with Gasteiger partial charge in [0, 0.05) is 12.6 Å². The van der Waals surface area contributed by atoms with Crippen LogP contribution in [0.5, 0.6) is 0 Å². The first-order chi connectivity index (χ1) is 11.7. The number of hydrogen-bond acceptors (Lipinski definition) is 7. The van der Waals surface area contributed by atoms with Crippen molar-refractivity contribution in [2.24, 2.45) is 17.9 Å². The second kappa shape index (κ2) is 5.26. The molecule has 0 bridgehead atoms. The van der Waals surface area contributed by atoms with E-state index in [0.29, 0.717) is 16.2 Å². The summed E-state index contributed by atoms with van der Waals surface area (Å²) in [6, 6.07) is 4.67. The Bertz CT molecular complexity index is 1060. The molecule has 1 fully saturated rings. The van der Waals surface area contributed by atoms with Crippen LogP contribution in [0.25, 0.3) is 11.0 Å². The number of fused-ring (bicyclic) bond motifs is 1. The Morgan fingerprint density at radius 1 is 1.40 bits per heavy atom. The fraction of sp³-hybridized carbons (Fsp3) is 0.429. The Kier molecular flexibility index (Phi) is 3.47. The molecular weight excluding hydrogens is 364 g/mol. The molecule has 1 saturated carbocycles. The molecule has 1 aromatic heterocycles. The summed E-state index contributed by atoms with van der Waals surface area (Å²) in [5.74, 6) is 0. The molecule has 11 heteroatoms. The highest BCUT2D eigenvalue weighted by Crippen LogP contribution is 2.36. The first kappa shape index (κ1) is 16.5. The number of aromatic nitrogens is 2. The van der Waals surface area contributed by atoms with Gasteiger partial charge in [-0.25, -0.2) is 17.9 Å². The zero-order valence-corrected chi connectivity index (χ0v) is 15.3. The van der Waals surface area contributed by atoms with Crippen molar-refractivity contribution in [1.29, 1.82) is 0 Å². The monoisotopic (exact) mass is 382 g/mol. The molecule has 0 spiro atoms. The molecule has 0 amide bonds. The van der Waals surface area contributed by atoms with E-state index in [1.807, 2.05) is 6.92 Å². The highest BCUT2D eigenvalue weighted by atomic mass is 32.2. The van der Waals surface area contributed by atoms with Crippen molar-refractivity contribution in [3.05, 3.63) is 28.7 Å². The summed E-state index contributed by atoms with van der Waals surface area (Å²) in [6.45, 7) is 1.88. The maximum Gasteiger partial charge on any atom is 0.331 e. The zero-order valence-electron chi connectivity index (χ0n) is 13.7. The molecule has 2 aromatic rings. The number of hydrogen-bond donors (Lipinski definition) is 3. The van der Waals surface area contributed by atoms with E-state index in [1.54, 1.807) is 13.1 Å². The highest BCUT2D eigenvalue weighted by Gasteiger charge is 2.41. The predicted octanol–water partition coefficient (Wildman–Crippen LogP) is 0.193. The van der Waals surface area contributed by atoms with Gasteiger partial charge in [0.1, 0.15) is 0 Å². The van der Waals surface area contributed by atoms with Crippen molar-refractivity contribution in [3.8, 4) is 0 Å². The third kappa shape index (κ3) is 2.71. The average molecular weight is 382 g/mol. The molecule has 2 heterocycles. The van der Waals surface area contributed by atoms with Crippen LogP contribution in [-0.4, -0.2) is 28.3 Å². The molecule has 9 nitrogen and oxygen atoms in total. The van der Waals surface area contributed by atoms with E-state index in [0.717, 1.165) is 12.8 Å². The Balaban J connectivity index is 1.83. The molecule has 0 saturated heterocycles. The molecule has 1 unspecified atom stereocenters. The summed E-state index contributed by atoms with van der Waals surface area (Å²) < 4.78 is 30.9. The second-order valence-electron chi connectivity index (χ2n) is 6.58. The van der Waals surface area contributed by atoms with Crippen LogP contribution < -0.4 is 21.6 Å². The smallest absolute Gasteiger partial charge is 0.331 e. The van der Waals surface area contributed by atoms with E-state index >= 15 is 0 Å². The third-order valence-corrected chi connectivity index (χ3v) is 7.01. The number of nitrogens with one attached hydrogen (secondary N) is 2. The number of aryl methyl sites for hydroxylation is 1. The van der Waals surface area contributed by atoms with Gasteiger partial charge < -0.3 is 5.73 Å². The number of sulfonamides is 1.